The molecular formula is C16H20N8S. The Kier molecular flexibility index (Phi) is 4.10. The fraction of sp³-hybridized carbons (Fsp3) is 0.375. The van der Waals surface area contributed by atoms with Gasteiger partial charge in [-0.2, -0.15) is 9.47 Å². The zero-order valence-corrected chi connectivity index (χ0v) is 15.0. The summed E-state index contributed by atoms with van der Waals surface area (Å²) in [6, 6.07) is 2.14. The first-order valence-electron chi connectivity index (χ1n) is 8.15. The number of aryl methyl sites for hydroxylation is 2. The number of aromatic nitrogens is 3. The largest absolute Gasteiger partial charge is 0.330 e. The Bertz CT molecular complexity index is 874. The van der Waals surface area contributed by atoms with Crippen molar-refractivity contribution in [2.24, 2.45) is 22.8 Å². The zero-order valence-electron chi connectivity index (χ0n) is 14.2. The van der Waals surface area contributed by atoms with Crippen molar-refractivity contribution in [2.45, 2.75) is 19.4 Å². The lowest BCUT2D eigenvalue weighted by molar-refractivity contribution is 0.453. The van der Waals surface area contributed by atoms with Crippen molar-refractivity contribution in [1.29, 1.82) is 0 Å². The smallest absolute Gasteiger partial charge is 0.174 e. The fourth-order valence-corrected chi connectivity index (χ4v) is 3.65. The molecule has 0 aromatic carbocycles. The summed E-state index contributed by atoms with van der Waals surface area (Å²) in [4.78, 5) is 11.6. The number of nitrogens with two attached hydrogens (primary N) is 1. The van der Waals surface area contributed by atoms with Crippen LogP contribution >= 0.6 is 11.5 Å². The molecule has 1 atom stereocenters. The molecule has 2 aromatic heterocycles. The second kappa shape index (κ2) is 6.41. The Morgan fingerprint density at radius 1 is 1.44 bits per heavy atom. The van der Waals surface area contributed by atoms with Gasteiger partial charge < -0.3 is 16.0 Å². The van der Waals surface area contributed by atoms with Gasteiger partial charge in [-0.05, 0) is 31.1 Å². The van der Waals surface area contributed by atoms with E-state index in [1.54, 1.807) is 0 Å². The van der Waals surface area contributed by atoms with Crippen molar-refractivity contribution < 1.29 is 0 Å². The number of anilines is 1. The van der Waals surface area contributed by atoms with Crippen LogP contribution < -0.4 is 11.1 Å². The molecule has 2 aliphatic heterocycles. The van der Waals surface area contributed by atoms with E-state index in [1.807, 2.05) is 37.1 Å². The molecule has 0 radical (unpaired) electrons. The van der Waals surface area contributed by atoms with Crippen LogP contribution in [0, 0.1) is 6.92 Å². The van der Waals surface area contributed by atoms with Gasteiger partial charge in [0.25, 0.3) is 0 Å². The monoisotopic (exact) mass is 356 g/mol. The second-order valence-corrected chi connectivity index (χ2v) is 6.92. The minimum absolute atomic E-state index is 0.131. The maximum absolute atomic E-state index is 5.75. The molecule has 9 heteroatoms. The Labute approximate surface area is 149 Å². The van der Waals surface area contributed by atoms with E-state index >= 15 is 0 Å². The van der Waals surface area contributed by atoms with E-state index < -0.39 is 0 Å². The highest BCUT2D eigenvalue weighted by molar-refractivity contribution is 7.10. The summed E-state index contributed by atoms with van der Waals surface area (Å²) >= 11 is 1.42. The van der Waals surface area contributed by atoms with E-state index in [1.165, 1.54) is 11.5 Å². The number of amidine groups is 2. The Balaban J connectivity index is 1.65. The molecule has 25 heavy (non-hydrogen) atoms. The molecule has 0 bridgehead atoms. The van der Waals surface area contributed by atoms with Crippen molar-refractivity contribution in [3.8, 4) is 0 Å². The van der Waals surface area contributed by atoms with Gasteiger partial charge in [0.2, 0.25) is 0 Å². The van der Waals surface area contributed by atoms with E-state index in [0.717, 1.165) is 40.0 Å². The third-order valence-electron chi connectivity index (χ3n) is 4.13. The SMILES string of the molecule is Cc1cc(NC2=NC(CCN)=CN3C2=NCC3c2cnn(C)c2)sn1. The lowest BCUT2D eigenvalue weighted by Gasteiger charge is -2.28. The quantitative estimate of drug-likeness (QED) is 0.868. The van der Waals surface area contributed by atoms with Crippen LogP contribution in [-0.2, 0) is 7.05 Å². The first-order chi connectivity index (χ1) is 12.1. The molecule has 8 nitrogen and oxygen atoms in total. The maximum atomic E-state index is 5.75. The van der Waals surface area contributed by atoms with Gasteiger partial charge in [0.1, 0.15) is 5.00 Å². The number of fused-ring (bicyclic) bond motifs is 1. The Morgan fingerprint density at radius 3 is 3.00 bits per heavy atom. The third-order valence-corrected chi connectivity index (χ3v) is 4.93. The van der Waals surface area contributed by atoms with Crippen LogP contribution in [0.5, 0.6) is 0 Å². The van der Waals surface area contributed by atoms with E-state index in [-0.39, 0.29) is 6.04 Å². The van der Waals surface area contributed by atoms with Crippen molar-refractivity contribution in [3.63, 3.8) is 0 Å². The van der Waals surface area contributed by atoms with Crippen LogP contribution in [0.15, 0.2) is 40.3 Å². The Morgan fingerprint density at radius 2 is 2.32 bits per heavy atom. The summed E-state index contributed by atoms with van der Waals surface area (Å²) in [6.07, 6.45) is 6.70. The molecule has 3 N–H and O–H groups in total. The second-order valence-electron chi connectivity index (χ2n) is 6.11. The lowest BCUT2D eigenvalue weighted by atomic mass is 10.1. The summed E-state index contributed by atoms with van der Waals surface area (Å²) in [7, 11) is 1.92. The van der Waals surface area contributed by atoms with Gasteiger partial charge >= 0.3 is 0 Å². The number of rotatable bonds is 4. The van der Waals surface area contributed by atoms with Crippen LogP contribution in [0.2, 0.25) is 0 Å². The van der Waals surface area contributed by atoms with Crippen LogP contribution in [-0.4, -0.2) is 43.8 Å². The van der Waals surface area contributed by atoms with Gasteiger partial charge in [0.05, 0.1) is 30.2 Å². The Hall–Kier alpha value is -2.52. The topological polar surface area (TPSA) is 96.7 Å². The van der Waals surface area contributed by atoms with Crippen molar-refractivity contribution in [1.82, 2.24) is 19.1 Å². The molecule has 4 heterocycles. The van der Waals surface area contributed by atoms with Gasteiger partial charge in [-0.3, -0.25) is 9.67 Å². The molecule has 0 aliphatic carbocycles. The molecule has 130 valence electrons. The third kappa shape index (κ3) is 3.08. The summed E-state index contributed by atoms with van der Waals surface area (Å²) < 4.78 is 6.13. The molecule has 0 spiro atoms. The van der Waals surface area contributed by atoms with Crippen molar-refractivity contribution in [2.75, 3.05) is 18.4 Å². The van der Waals surface area contributed by atoms with Gasteiger partial charge in [-0.25, -0.2) is 4.99 Å². The van der Waals surface area contributed by atoms with Crippen molar-refractivity contribution >= 4 is 28.2 Å². The average molecular weight is 356 g/mol. The standard InChI is InChI=1S/C16H20N8S/c1-10-5-14(25-22-10)21-15-16-18-7-13(11-6-19-23(2)8-11)24(16)9-12(20-15)3-4-17/h5-6,8-9,13H,3-4,7,17H2,1-2H3,(H,20,21). The first-order valence-corrected chi connectivity index (χ1v) is 8.93. The van der Waals surface area contributed by atoms with Gasteiger partial charge in [-0.15, -0.1) is 0 Å². The zero-order chi connectivity index (χ0) is 17.4. The molecule has 2 aromatic rings. The minimum atomic E-state index is 0.131. The van der Waals surface area contributed by atoms with Gasteiger partial charge in [0.15, 0.2) is 11.7 Å². The van der Waals surface area contributed by atoms with E-state index in [2.05, 4.69) is 25.9 Å². The van der Waals surface area contributed by atoms with Gasteiger partial charge in [-0.1, -0.05) is 0 Å². The van der Waals surface area contributed by atoms with Crippen LogP contribution in [0.3, 0.4) is 0 Å². The molecule has 4 rings (SSSR count). The average Bonchev–Trinajstić information content (AvgIpc) is 3.28. The number of hydrogen-bond acceptors (Lipinski definition) is 8. The van der Waals surface area contributed by atoms with E-state index in [0.29, 0.717) is 13.1 Å². The molecule has 0 fully saturated rings. The van der Waals surface area contributed by atoms with Crippen LogP contribution in [0.25, 0.3) is 0 Å². The van der Waals surface area contributed by atoms with E-state index in [4.69, 9.17) is 15.7 Å². The number of nitrogens with zero attached hydrogens (tertiary/aromatic N) is 6. The highest BCUT2D eigenvalue weighted by atomic mass is 32.1. The van der Waals surface area contributed by atoms with Crippen LogP contribution in [0.4, 0.5) is 5.00 Å². The molecule has 0 amide bonds. The summed E-state index contributed by atoms with van der Waals surface area (Å²) in [6.45, 7) is 3.21. The first kappa shape index (κ1) is 16.0. The van der Waals surface area contributed by atoms with Crippen molar-refractivity contribution in [3.05, 3.63) is 41.6 Å². The maximum Gasteiger partial charge on any atom is 0.174 e. The summed E-state index contributed by atoms with van der Waals surface area (Å²) in [5.74, 6) is 1.60. The minimum Gasteiger partial charge on any atom is -0.330 e. The number of hydrogen-bond donors (Lipinski definition) is 2. The molecular weight excluding hydrogens is 336 g/mol. The number of nitrogens with one attached hydrogen (secondary N) is 1. The predicted octanol–water partition coefficient (Wildman–Crippen LogP) is 1.65. The predicted molar refractivity (Wildman–Crippen MR) is 99.8 cm³/mol. The lowest BCUT2D eigenvalue weighted by Crippen LogP contribution is -2.38. The molecule has 0 saturated heterocycles. The molecule has 2 aliphatic rings. The molecule has 0 saturated carbocycles. The summed E-state index contributed by atoms with van der Waals surface area (Å²) in [5, 5.41) is 8.62. The number of aliphatic imine (C=N–C) groups is 2. The normalized spacial score (nSPS) is 19.4. The van der Waals surface area contributed by atoms with Crippen LogP contribution in [0.1, 0.15) is 23.7 Å². The highest BCUT2D eigenvalue weighted by Gasteiger charge is 2.34. The molecule has 1 unspecified atom stereocenters. The highest BCUT2D eigenvalue weighted by Crippen LogP contribution is 2.31. The van der Waals surface area contributed by atoms with Gasteiger partial charge in [0, 0.05) is 31.4 Å². The summed E-state index contributed by atoms with van der Waals surface area (Å²) in [5.41, 5.74) is 8.82. The van der Waals surface area contributed by atoms with E-state index in [9.17, 15) is 0 Å². The fourth-order valence-electron chi connectivity index (χ4n) is 2.99.